The number of hydrogen-bond donors (Lipinski definition) is 2. The van der Waals surface area contributed by atoms with E-state index in [0.29, 0.717) is 31.2 Å². The van der Waals surface area contributed by atoms with E-state index in [4.69, 9.17) is 0 Å². The van der Waals surface area contributed by atoms with Gasteiger partial charge in [0, 0.05) is 63.0 Å². The zero-order valence-corrected chi connectivity index (χ0v) is 17.4. The molecule has 2 aliphatic heterocycles. The number of hydrogen-bond acceptors (Lipinski definition) is 5. The molecule has 0 aromatic carbocycles. The number of imidazole rings is 1. The molecule has 0 spiro atoms. The second-order valence-corrected chi connectivity index (χ2v) is 7.97. The van der Waals surface area contributed by atoms with E-state index in [-0.39, 0.29) is 11.8 Å². The van der Waals surface area contributed by atoms with Crippen molar-refractivity contribution in [3.8, 4) is 0 Å². The number of aryl methyl sites for hydroxylation is 3. The van der Waals surface area contributed by atoms with Gasteiger partial charge in [-0.3, -0.25) is 19.6 Å². The summed E-state index contributed by atoms with van der Waals surface area (Å²) in [6.07, 6.45) is 2.83. The van der Waals surface area contributed by atoms with E-state index in [1.807, 2.05) is 30.6 Å². The summed E-state index contributed by atoms with van der Waals surface area (Å²) in [4.78, 5) is 38.7. The van der Waals surface area contributed by atoms with Gasteiger partial charge in [-0.1, -0.05) is 6.92 Å². The van der Waals surface area contributed by atoms with E-state index < -0.39 is 0 Å². The molecule has 0 bridgehead atoms. The molecule has 2 fully saturated rings. The minimum Gasteiger partial charge on any atom is -0.339 e. The lowest BCUT2D eigenvalue weighted by atomic mass is 10.0. The topological polar surface area (TPSA) is 101 Å². The van der Waals surface area contributed by atoms with Crippen molar-refractivity contribution < 1.29 is 9.59 Å². The second-order valence-electron chi connectivity index (χ2n) is 7.97. The van der Waals surface area contributed by atoms with Crippen molar-refractivity contribution in [2.24, 2.45) is 0 Å². The number of carbonyl (C=O) groups is 2. The fraction of sp³-hybridized carbons (Fsp3) is 0.600. The molecule has 29 heavy (non-hydrogen) atoms. The first-order chi connectivity index (χ1) is 14.0. The normalized spacial score (nSPS) is 18.2. The van der Waals surface area contributed by atoms with Gasteiger partial charge in [0.05, 0.1) is 18.3 Å². The molecule has 2 aromatic rings. The Kier molecular flexibility index (Phi) is 5.40. The lowest BCUT2D eigenvalue weighted by molar-refractivity contribution is -0.138. The Hall–Kier alpha value is -2.68. The number of amides is 2. The maximum Gasteiger partial charge on any atom is 0.272 e. The molecule has 0 unspecified atom stereocenters. The summed E-state index contributed by atoms with van der Waals surface area (Å²) in [7, 11) is 0. The highest BCUT2D eigenvalue weighted by Gasteiger charge is 2.37. The van der Waals surface area contributed by atoms with Crippen molar-refractivity contribution in [1.82, 2.24) is 34.9 Å². The number of piperazine rings is 1. The van der Waals surface area contributed by atoms with Crippen LogP contribution in [0.4, 0.5) is 0 Å². The van der Waals surface area contributed by atoms with Crippen molar-refractivity contribution >= 4 is 11.8 Å². The lowest BCUT2D eigenvalue weighted by Gasteiger charge is -2.48. The molecule has 4 rings (SSSR count). The molecule has 2 amide bonds. The van der Waals surface area contributed by atoms with Crippen LogP contribution in [-0.4, -0.2) is 92.0 Å². The van der Waals surface area contributed by atoms with Crippen LogP contribution in [0.25, 0.3) is 0 Å². The third-order valence-electron chi connectivity index (χ3n) is 6.14. The standard InChI is InChI=1S/C20H29N7O2/c1-4-18-21-10-17(22-18)20(29)26-7-5-25(6-8-26)15-11-27(12-15)19(28)9-16-13(2)23-24-14(16)3/h10,15H,4-9,11-12H2,1-3H3,(H,21,22)(H,23,24). The summed E-state index contributed by atoms with van der Waals surface area (Å²) in [6, 6.07) is 0.390. The molecule has 0 aliphatic carbocycles. The van der Waals surface area contributed by atoms with Gasteiger partial charge in [0.1, 0.15) is 11.5 Å². The van der Waals surface area contributed by atoms with Crippen molar-refractivity contribution in [3.05, 3.63) is 34.7 Å². The average Bonchev–Trinajstić information content (AvgIpc) is 3.29. The highest BCUT2D eigenvalue weighted by Crippen LogP contribution is 2.20. The van der Waals surface area contributed by atoms with Gasteiger partial charge in [0.2, 0.25) is 5.91 Å². The summed E-state index contributed by atoms with van der Waals surface area (Å²) in [5, 5.41) is 7.11. The molecular formula is C20H29N7O2. The fourth-order valence-electron chi connectivity index (χ4n) is 4.10. The molecule has 4 heterocycles. The zero-order valence-electron chi connectivity index (χ0n) is 17.4. The first-order valence-electron chi connectivity index (χ1n) is 10.3. The Morgan fingerprint density at radius 1 is 1.14 bits per heavy atom. The van der Waals surface area contributed by atoms with E-state index in [9.17, 15) is 9.59 Å². The van der Waals surface area contributed by atoms with Crippen LogP contribution in [0.15, 0.2) is 6.20 Å². The molecule has 9 nitrogen and oxygen atoms in total. The quantitative estimate of drug-likeness (QED) is 0.764. The van der Waals surface area contributed by atoms with E-state index in [0.717, 1.165) is 55.4 Å². The number of nitrogens with zero attached hydrogens (tertiary/aromatic N) is 5. The molecule has 0 radical (unpaired) electrons. The Balaban J connectivity index is 1.23. The van der Waals surface area contributed by atoms with Crippen LogP contribution in [0.3, 0.4) is 0 Å². The first kappa shape index (κ1) is 19.6. The number of H-pyrrole nitrogens is 2. The average molecular weight is 399 g/mol. The molecule has 2 saturated heterocycles. The summed E-state index contributed by atoms with van der Waals surface area (Å²) >= 11 is 0. The minimum atomic E-state index is 0.0214. The third-order valence-corrected chi connectivity index (χ3v) is 6.14. The van der Waals surface area contributed by atoms with Gasteiger partial charge in [-0.15, -0.1) is 0 Å². The third kappa shape index (κ3) is 3.91. The minimum absolute atomic E-state index is 0.0214. The number of nitrogens with one attached hydrogen (secondary N) is 2. The van der Waals surface area contributed by atoms with Gasteiger partial charge in [0.25, 0.3) is 5.91 Å². The maximum absolute atomic E-state index is 12.6. The maximum atomic E-state index is 12.6. The molecule has 2 N–H and O–H groups in total. The van der Waals surface area contributed by atoms with Crippen molar-refractivity contribution in [2.75, 3.05) is 39.3 Å². The summed E-state index contributed by atoms with van der Waals surface area (Å²) < 4.78 is 0. The van der Waals surface area contributed by atoms with Gasteiger partial charge in [-0.05, 0) is 13.8 Å². The van der Waals surface area contributed by atoms with Gasteiger partial charge in [0.15, 0.2) is 0 Å². The molecule has 0 saturated carbocycles. The van der Waals surface area contributed by atoms with E-state index in [2.05, 4.69) is 25.1 Å². The predicted molar refractivity (Wildman–Crippen MR) is 108 cm³/mol. The Morgan fingerprint density at radius 2 is 1.86 bits per heavy atom. The molecule has 0 atom stereocenters. The predicted octanol–water partition coefficient (Wildman–Crippen LogP) is 0.523. The number of likely N-dealkylation sites (tertiary alicyclic amines) is 1. The number of aromatic amines is 2. The van der Waals surface area contributed by atoms with Gasteiger partial charge < -0.3 is 14.8 Å². The summed E-state index contributed by atoms with van der Waals surface area (Å²) in [6.45, 7) is 10.5. The van der Waals surface area contributed by atoms with E-state index in [1.165, 1.54) is 0 Å². The van der Waals surface area contributed by atoms with Crippen molar-refractivity contribution in [1.29, 1.82) is 0 Å². The zero-order chi connectivity index (χ0) is 20.5. The van der Waals surface area contributed by atoms with Crippen LogP contribution in [0.5, 0.6) is 0 Å². The highest BCUT2D eigenvalue weighted by molar-refractivity contribution is 5.92. The fourth-order valence-corrected chi connectivity index (χ4v) is 4.10. The van der Waals surface area contributed by atoms with Crippen LogP contribution in [0.1, 0.15) is 40.2 Å². The van der Waals surface area contributed by atoms with Crippen LogP contribution in [-0.2, 0) is 17.6 Å². The summed E-state index contributed by atoms with van der Waals surface area (Å²) in [5.74, 6) is 1.02. The Bertz CT molecular complexity index is 869. The van der Waals surface area contributed by atoms with E-state index in [1.54, 1.807) is 6.20 Å². The van der Waals surface area contributed by atoms with Crippen LogP contribution in [0, 0.1) is 13.8 Å². The van der Waals surface area contributed by atoms with Gasteiger partial charge in [-0.2, -0.15) is 5.10 Å². The smallest absolute Gasteiger partial charge is 0.272 e. The monoisotopic (exact) mass is 399 g/mol. The molecular weight excluding hydrogens is 370 g/mol. The second kappa shape index (κ2) is 7.98. The summed E-state index contributed by atoms with van der Waals surface area (Å²) in [5.41, 5.74) is 3.45. The van der Waals surface area contributed by atoms with E-state index >= 15 is 0 Å². The SMILES string of the molecule is CCc1ncc(C(=O)N2CCN(C3CN(C(=O)Cc4c(C)n[nH]c4C)C3)CC2)[nH]1. The molecule has 156 valence electrons. The van der Waals surface area contributed by atoms with Crippen LogP contribution in [0.2, 0.25) is 0 Å². The number of carbonyl (C=O) groups excluding carboxylic acids is 2. The van der Waals surface area contributed by atoms with Crippen molar-refractivity contribution in [2.45, 2.75) is 39.7 Å². The number of aromatic nitrogens is 4. The molecule has 9 heteroatoms. The largest absolute Gasteiger partial charge is 0.339 e. The van der Waals surface area contributed by atoms with Crippen molar-refractivity contribution in [3.63, 3.8) is 0 Å². The lowest BCUT2D eigenvalue weighted by Crippen LogP contribution is -2.64. The van der Waals surface area contributed by atoms with Crippen LogP contribution < -0.4 is 0 Å². The molecule has 2 aromatic heterocycles. The Labute approximate surface area is 170 Å². The van der Waals surface area contributed by atoms with Gasteiger partial charge in [-0.25, -0.2) is 4.98 Å². The van der Waals surface area contributed by atoms with Gasteiger partial charge >= 0.3 is 0 Å². The highest BCUT2D eigenvalue weighted by atomic mass is 16.2. The first-order valence-corrected chi connectivity index (χ1v) is 10.3. The van der Waals surface area contributed by atoms with Crippen LogP contribution >= 0.6 is 0 Å². The molecule has 2 aliphatic rings. The Morgan fingerprint density at radius 3 is 2.45 bits per heavy atom. The number of rotatable bonds is 5.